The molecule has 1 aromatic heterocycles. The van der Waals surface area contributed by atoms with Gasteiger partial charge in [0.15, 0.2) is 3.95 Å². The topological polar surface area (TPSA) is 58.2 Å². The molecule has 0 saturated carbocycles. The van der Waals surface area contributed by atoms with Gasteiger partial charge in [-0.3, -0.25) is 5.10 Å². The Morgan fingerprint density at radius 2 is 2.14 bits per heavy atom. The Bertz CT molecular complexity index is 749. The van der Waals surface area contributed by atoms with E-state index in [1.807, 2.05) is 6.92 Å². The Morgan fingerprint density at radius 1 is 1.45 bits per heavy atom. The standard InChI is InChI=1S/C14H16ClN3O2S2/c1-8-9(15)6-5-7-10(8)18(11-16-17-12(21)22-11)13(19)20-14(2,3)4/h5-7H,1-4H3,(H,17,21). The van der Waals surface area contributed by atoms with Crippen molar-refractivity contribution in [2.45, 2.75) is 33.3 Å². The van der Waals surface area contributed by atoms with Crippen LogP contribution < -0.4 is 4.90 Å². The van der Waals surface area contributed by atoms with Crippen molar-refractivity contribution >= 4 is 52.1 Å². The van der Waals surface area contributed by atoms with E-state index in [-0.39, 0.29) is 0 Å². The number of carbonyl (C=O) groups excluding carboxylic acids is 1. The van der Waals surface area contributed by atoms with Crippen LogP contribution in [0.15, 0.2) is 18.2 Å². The van der Waals surface area contributed by atoms with E-state index >= 15 is 0 Å². The Hall–Kier alpha value is -1.44. The van der Waals surface area contributed by atoms with Gasteiger partial charge in [0.1, 0.15) is 5.60 Å². The minimum absolute atomic E-state index is 0.407. The average Bonchev–Trinajstić information content (AvgIpc) is 2.79. The zero-order valence-corrected chi connectivity index (χ0v) is 15.0. The van der Waals surface area contributed by atoms with Gasteiger partial charge in [-0.15, -0.1) is 5.10 Å². The number of nitrogens with one attached hydrogen (secondary N) is 1. The van der Waals surface area contributed by atoms with E-state index in [4.69, 9.17) is 28.6 Å². The first-order chi connectivity index (χ1) is 10.2. The number of benzene rings is 1. The van der Waals surface area contributed by atoms with Crippen LogP contribution in [0.4, 0.5) is 15.6 Å². The second-order valence-corrected chi connectivity index (χ2v) is 7.65. The van der Waals surface area contributed by atoms with E-state index in [1.165, 1.54) is 16.2 Å². The van der Waals surface area contributed by atoms with Gasteiger partial charge in [0.2, 0.25) is 5.13 Å². The maximum atomic E-state index is 12.6. The Morgan fingerprint density at radius 3 is 2.68 bits per heavy atom. The van der Waals surface area contributed by atoms with Crippen LogP contribution in [-0.4, -0.2) is 21.9 Å². The fraction of sp³-hybridized carbons (Fsp3) is 0.357. The molecule has 0 fully saturated rings. The lowest BCUT2D eigenvalue weighted by molar-refractivity contribution is 0.0598. The van der Waals surface area contributed by atoms with Crippen molar-refractivity contribution in [3.63, 3.8) is 0 Å². The van der Waals surface area contributed by atoms with Crippen molar-refractivity contribution in [2.24, 2.45) is 0 Å². The summed E-state index contributed by atoms with van der Waals surface area (Å²) in [5, 5.41) is 7.72. The number of hydrogen-bond donors (Lipinski definition) is 1. The zero-order chi connectivity index (χ0) is 16.5. The second-order valence-electron chi connectivity index (χ2n) is 5.60. The number of nitrogens with zero attached hydrogens (tertiary/aromatic N) is 2. The van der Waals surface area contributed by atoms with Gasteiger partial charge in [-0.05, 0) is 57.6 Å². The third-order valence-electron chi connectivity index (χ3n) is 2.67. The molecule has 8 heteroatoms. The number of ether oxygens (including phenoxy) is 1. The van der Waals surface area contributed by atoms with Gasteiger partial charge in [0.05, 0.1) is 5.69 Å². The lowest BCUT2D eigenvalue weighted by Gasteiger charge is -2.26. The zero-order valence-electron chi connectivity index (χ0n) is 12.6. The first kappa shape index (κ1) is 16.9. The molecule has 0 radical (unpaired) electrons. The van der Waals surface area contributed by atoms with Crippen molar-refractivity contribution in [3.8, 4) is 0 Å². The summed E-state index contributed by atoms with van der Waals surface area (Å²) in [5.41, 5.74) is 0.746. The third-order valence-corrected chi connectivity index (χ3v) is 4.16. The number of halogens is 1. The van der Waals surface area contributed by atoms with Crippen LogP contribution in [-0.2, 0) is 4.74 Å². The number of aromatic nitrogens is 2. The molecule has 0 spiro atoms. The molecule has 1 heterocycles. The van der Waals surface area contributed by atoms with Crippen LogP contribution >= 0.6 is 35.2 Å². The summed E-state index contributed by atoms with van der Waals surface area (Å²) in [6, 6.07) is 5.32. The molecule has 0 unspecified atom stereocenters. The summed E-state index contributed by atoms with van der Waals surface area (Å²) < 4.78 is 5.95. The summed E-state index contributed by atoms with van der Waals surface area (Å²) >= 11 is 12.4. The van der Waals surface area contributed by atoms with E-state index in [9.17, 15) is 4.79 Å². The molecule has 0 saturated heterocycles. The SMILES string of the molecule is Cc1c(Cl)cccc1N(C(=O)OC(C)(C)C)c1n[nH]c(=S)s1. The fourth-order valence-corrected chi connectivity index (χ4v) is 2.79. The van der Waals surface area contributed by atoms with E-state index in [0.717, 1.165) is 5.56 Å². The molecule has 1 aromatic carbocycles. The molecule has 118 valence electrons. The van der Waals surface area contributed by atoms with Gasteiger partial charge in [-0.25, -0.2) is 9.69 Å². The summed E-state index contributed by atoms with van der Waals surface area (Å²) in [7, 11) is 0. The van der Waals surface area contributed by atoms with Crippen LogP contribution in [0.5, 0.6) is 0 Å². The van der Waals surface area contributed by atoms with Gasteiger partial charge in [0.25, 0.3) is 0 Å². The summed E-state index contributed by atoms with van der Waals surface area (Å²) in [5.74, 6) is 0. The van der Waals surface area contributed by atoms with Crippen molar-refractivity contribution in [1.29, 1.82) is 0 Å². The van der Waals surface area contributed by atoms with Gasteiger partial charge >= 0.3 is 6.09 Å². The third kappa shape index (κ3) is 3.85. The van der Waals surface area contributed by atoms with E-state index in [2.05, 4.69) is 10.2 Å². The highest BCUT2D eigenvalue weighted by molar-refractivity contribution is 7.73. The number of amides is 1. The van der Waals surface area contributed by atoms with Gasteiger partial charge in [0, 0.05) is 5.02 Å². The predicted octanol–water partition coefficient (Wildman–Crippen LogP) is 5.24. The van der Waals surface area contributed by atoms with Gasteiger partial charge in [-0.2, -0.15) is 0 Å². The molecule has 0 bridgehead atoms. The Labute approximate surface area is 142 Å². The molecule has 0 aliphatic heterocycles. The van der Waals surface area contributed by atoms with E-state index in [0.29, 0.717) is 19.8 Å². The number of carbonyl (C=O) groups is 1. The van der Waals surface area contributed by atoms with Crippen LogP contribution in [0.1, 0.15) is 26.3 Å². The molecule has 2 rings (SSSR count). The number of hydrogen-bond acceptors (Lipinski definition) is 5. The molecule has 1 amide bonds. The first-order valence-corrected chi connectivity index (χ1v) is 8.13. The smallest absolute Gasteiger partial charge is 0.421 e. The highest BCUT2D eigenvalue weighted by Crippen LogP contribution is 2.34. The molecule has 5 nitrogen and oxygen atoms in total. The lowest BCUT2D eigenvalue weighted by atomic mass is 10.2. The minimum Gasteiger partial charge on any atom is -0.443 e. The summed E-state index contributed by atoms with van der Waals surface area (Å²) in [6.45, 7) is 7.25. The van der Waals surface area contributed by atoms with Crippen molar-refractivity contribution in [2.75, 3.05) is 4.90 Å². The molecule has 0 aliphatic rings. The van der Waals surface area contributed by atoms with Crippen LogP contribution in [0.2, 0.25) is 5.02 Å². The first-order valence-electron chi connectivity index (χ1n) is 6.53. The number of rotatable bonds is 2. The van der Waals surface area contributed by atoms with Gasteiger partial charge in [-0.1, -0.05) is 29.0 Å². The van der Waals surface area contributed by atoms with Crippen LogP contribution in [0.3, 0.4) is 0 Å². The van der Waals surface area contributed by atoms with Crippen molar-refractivity contribution < 1.29 is 9.53 Å². The van der Waals surface area contributed by atoms with Crippen LogP contribution in [0, 0.1) is 10.9 Å². The normalized spacial score (nSPS) is 11.3. The van der Waals surface area contributed by atoms with Crippen molar-refractivity contribution in [3.05, 3.63) is 32.7 Å². The molecule has 1 N–H and O–H groups in total. The largest absolute Gasteiger partial charge is 0.443 e. The number of anilines is 2. The highest BCUT2D eigenvalue weighted by Gasteiger charge is 2.28. The van der Waals surface area contributed by atoms with Crippen LogP contribution in [0.25, 0.3) is 0 Å². The molecule has 2 aromatic rings. The fourth-order valence-electron chi connectivity index (χ4n) is 1.74. The molecule has 0 atom stereocenters. The number of aromatic amines is 1. The monoisotopic (exact) mass is 357 g/mol. The van der Waals surface area contributed by atoms with E-state index in [1.54, 1.807) is 39.0 Å². The maximum Gasteiger partial charge on any atom is 0.421 e. The van der Waals surface area contributed by atoms with E-state index < -0.39 is 11.7 Å². The maximum absolute atomic E-state index is 12.6. The van der Waals surface area contributed by atoms with Gasteiger partial charge < -0.3 is 4.74 Å². The molecular weight excluding hydrogens is 342 g/mol. The average molecular weight is 358 g/mol. The lowest BCUT2D eigenvalue weighted by Crippen LogP contribution is -2.34. The molecule has 22 heavy (non-hydrogen) atoms. The molecular formula is C14H16ClN3O2S2. The Balaban J connectivity index is 2.53. The minimum atomic E-state index is -0.625. The highest BCUT2D eigenvalue weighted by atomic mass is 35.5. The number of H-pyrrole nitrogens is 1. The quantitative estimate of drug-likeness (QED) is 0.747. The summed E-state index contributed by atoms with van der Waals surface area (Å²) in [4.78, 5) is 14.0. The second kappa shape index (κ2) is 6.36. The summed E-state index contributed by atoms with van der Waals surface area (Å²) in [6.07, 6.45) is -0.532. The Kier molecular flexibility index (Phi) is 4.89. The molecule has 0 aliphatic carbocycles. The van der Waals surface area contributed by atoms with Crippen molar-refractivity contribution in [1.82, 2.24) is 10.2 Å². The predicted molar refractivity (Wildman–Crippen MR) is 91.9 cm³/mol.